The Kier molecular flexibility index (Phi) is 3.34. The summed E-state index contributed by atoms with van der Waals surface area (Å²) >= 11 is 0. The fraction of sp³-hybridized carbons (Fsp3) is 0.583. The standard InChI is InChI=1S/C12H18N2O/c1-10-4-2-5-11(13-10)8-14-7-3-6-12(15)9-14/h2,4-5,12,15H,3,6-9H2,1H3/t12-/m1/s1. The number of aliphatic hydroxyl groups excluding tert-OH is 1. The maximum Gasteiger partial charge on any atom is 0.0667 e. The molecule has 3 heteroatoms. The third-order valence-corrected chi connectivity index (χ3v) is 2.81. The second kappa shape index (κ2) is 4.73. The molecule has 0 spiro atoms. The molecule has 1 saturated heterocycles. The summed E-state index contributed by atoms with van der Waals surface area (Å²) in [6, 6.07) is 6.10. The monoisotopic (exact) mass is 206 g/mol. The summed E-state index contributed by atoms with van der Waals surface area (Å²) in [6.07, 6.45) is 1.88. The molecule has 0 aromatic carbocycles. The molecule has 1 aromatic rings. The maximum absolute atomic E-state index is 9.55. The van der Waals surface area contributed by atoms with Crippen LogP contribution in [0.3, 0.4) is 0 Å². The highest BCUT2D eigenvalue weighted by Gasteiger charge is 2.17. The van der Waals surface area contributed by atoms with E-state index in [9.17, 15) is 5.11 Å². The quantitative estimate of drug-likeness (QED) is 0.793. The van der Waals surface area contributed by atoms with Crippen LogP contribution in [0.5, 0.6) is 0 Å². The molecule has 1 atom stereocenters. The first-order valence-corrected chi connectivity index (χ1v) is 5.57. The molecule has 0 unspecified atom stereocenters. The van der Waals surface area contributed by atoms with Gasteiger partial charge in [-0.1, -0.05) is 6.07 Å². The van der Waals surface area contributed by atoms with Gasteiger partial charge in [0, 0.05) is 18.8 Å². The average molecular weight is 206 g/mol. The Morgan fingerprint density at radius 3 is 3.13 bits per heavy atom. The Morgan fingerprint density at radius 2 is 2.40 bits per heavy atom. The van der Waals surface area contributed by atoms with Crippen LogP contribution in [0.25, 0.3) is 0 Å². The number of aliphatic hydroxyl groups is 1. The zero-order valence-corrected chi connectivity index (χ0v) is 9.19. The van der Waals surface area contributed by atoms with Gasteiger partial charge in [-0.3, -0.25) is 9.88 Å². The van der Waals surface area contributed by atoms with Gasteiger partial charge < -0.3 is 5.11 Å². The summed E-state index contributed by atoms with van der Waals surface area (Å²) in [5, 5.41) is 9.55. The summed E-state index contributed by atoms with van der Waals surface area (Å²) in [4.78, 5) is 6.74. The second-order valence-corrected chi connectivity index (χ2v) is 4.30. The SMILES string of the molecule is Cc1cccc(CN2CCC[C@@H](O)C2)n1. The van der Waals surface area contributed by atoms with Gasteiger partial charge in [-0.2, -0.15) is 0 Å². The summed E-state index contributed by atoms with van der Waals surface area (Å²) in [5.41, 5.74) is 2.16. The number of piperidine rings is 1. The van der Waals surface area contributed by atoms with Crippen LogP contribution in [0, 0.1) is 6.92 Å². The van der Waals surface area contributed by atoms with E-state index in [0.29, 0.717) is 0 Å². The molecule has 0 saturated carbocycles. The van der Waals surface area contributed by atoms with E-state index in [-0.39, 0.29) is 6.10 Å². The summed E-state index contributed by atoms with van der Waals surface area (Å²) < 4.78 is 0. The predicted octanol–water partition coefficient (Wildman–Crippen LogP) is 1.35. The van der Waals surface area contributed by atoms with E-state index in [1.807, 2.05) is 25.1 Å². The first-order chi connectivity index (χ1) is 7.24. The van der Waals surface area contributed by atoms with E-state index in [4.69, 9.17) is 0 Å². The third kappa shape index (κ3) is 3.01. The number of nitrogens with zero attached hydrogens (tertiary/aromatic N) is 2. The normalized spacial score (nSPS) is 22.9. The van der Waals surface area contributed by atoms with E-state index in [1.54, 1.807) is 0 Å². The van der Waals surface area contributed by atoms with Crippen molar-refractivity contribution in [3.63, 3.8) is 0 Å². The molecule has 0 bridgehead atoms. The molecule has 2 heterocycles. The van der Waals surface area contributed by atoms with E-state index in [0.717, 1.165) is 43.9 Å². The lowest BCUT2D eigenvalue weighted by Crippen LogP contribution is -2.37. The average Bonchev–Trinajstić information content (AvgIpc) is 2.17. The zero-order valence-electron chi connectivity index (χ0n) is 9.19. The summed E-state index contributed by atoms with van der Waals surface area (Å²) in [5.74, 6) is 0. The topological polar surface area (TPSA) is 36.4 Å². The number of aromatic nitrogens is 1. The Hall–Kier alpha value is -0.930. The van der Waals surface area contributed by atoms with Gasteiger partial charge in [-0.05, 0) is 38.4 Å². The lowest BCUT2D eigenvalue weighted by molar-refractivity contribution is 0.0662. The lowest BCUT2D eigenvalue weighted by atomic mass is 10.1. The number of rotatable bonds is 2. The molecule has 0 amide bonds. The molecule has 2 rings (SSSR count). The minimum absolute atomic E-state index is 0.149. The van der Waals surface area contributed by atoms with Crippen LogP contribution < -0.4 is 0 Å². The van der Waals surface area contributed by atoms with Gasteiger partial charge >= 0.3 is 0 Å². The van der Waals surface area contributed by atoms with E-state index >= 15 is 0 Å². The number of hydrogen-bond acceptors (Lipinski definition) is 3. The van der Waals surface area contributed by atoms with Crippen molar-refractivity contribution in [1.82, 2.24) is 9.88 Å². The Morgan fingerprint density at radius 1 is 1.53 bits per heavy atom. The summed E-state index contributed by atoms with van der Waals surface area (Å²) in [6.45, 7) is 4.73. The predicted molar refractivity (Wildman–Crippen MR) is 59.5 cm³/mol. The molecule has 0 aliphatic carbocycles. The zero-order chi connectivity index (χ0) is 10.7. The fourth-order valence-electron chi connectivity index (χ4n) is 2.09. The van der Waals surface area contributed by atoms with Crippen molar-refractivity contribution < 1.29 is 5.11 Å². The molecule has 1 aliphatic heterocycles. The minimum atomic E-state index is -0.149. The van der Waals surface area contributed by atoms with E-state index in [1.165, 1.54) is 0 Å². The van der Waals surface area contributed by atoms with Crippen molar-refractivity contribution in [2.45, 2.75) is 32.4 Å². The summed E-state index contributed by atoms with van der Waals surface area (Å²) in [7, 11) is 0. The molecular formula is C12H18N2O. The number of likely N-dealkylation sites (tertiary alicyclic amines) is 1. The molecule has 1 aliphatic rings. The van der Waals surface area contributed by atoms with Crippen molar-refractivity contribution in [3.05, 3.63) is 29.6 Å². The molecule has 1 aromatic heterocycles. The molecule has 3 nitrogen and oxygen atoms in total. The Balaban J connectivity index is 1.96. The number of aryl methyl sites for hydroxylation is 1. The van der Waals surface area contributed by atoms with Crippen molar-refractivity contribution in [2.75, 3.05) is 13.1 Å². The van der Waals surface area contributed by atoms with Crippen molar-refractivity contribution in [2.24, 2.45) is 0 Å². The highest BCUT2D eigenvalue weighted by Crippen LogP contribution is 2.12. The number of β-amino-alcohol motifs (C(OH)–C–C–N with tert-alkyl or cyclic N) is 1. The largest absolute Gasteiger partial charge is 0.392 e. The highest BCUT2D eigenvalue weighted by molar-refractivity contribution is 5.09. The minimum Gasteiger partial charge on any atom is -0.392 e. The molecule has 1 N–H and O–H groups in total. The van der Waals surface area contributed by atoms with Crippen LogP contribution in [-0.2, 0) is 6.54 Å². The molecule has 82 valence electrons. The second-order valence-electron chi connectivity index (χ2n) is 4.30. The number of pyridine rings is 1. The maximum atomic E-state index is 9.55. The lowest BCUT2D eigenvalue weighted by Gasteiger charge is -2.29. The first kappa shape index (κ1) is 10.6. The van der Waals surface area contributed by atoms with Crippen molar-refractivity contribution in [3.8, 4) is 0 Å². The van der Waals surface area contributed by atoms with Crippen LogP contribution >= 0.6 is 0 Å². The smallest absolute Gasteiger partial charge is 0.0667 e. The van der Waals surface area contributed by atoms with Gasteiger partial charge in [0.25, 0.3) is 0 Å². The van der Waals surface area contributed by atoms with Gasteiger partial charge in [0.15, 0.2) is 0 Å². The van der Waals surface area contributed by atoms with Crippen LogP contribution in [0.1, 0.15) is 24.2 Å². The molecule has 15 heavy (non-hydrogen) atoms. The van der Waals surface area contributed by atoms with Gasteiger partial charge in [0.2, 0.25) is 0 Å². The van der Waals surface area contributed by atoms with Gasteiger partial charge in [-0.15, -0.1) is 0 Å². The fourth-order valence-corrected chi connectivity index (χ4v) is 2.09. The van der Waals surface area contributed by atoms with Crippen molar-refractivity contribution in [1.29, 1.82) is 0 Å². The molecular weight excluding hydrogens is 188 g/mol. The van der Waals surface area contributed by atoms with Crippen LogP contribution in [0.15, 0.2) is 18.2 Å². The highest BCUT2D eigenvalue weighted by atomic mass is 16.3. The van der Waals surface area contributed by atoms with Gasteiger partial charge in [0.1, 0.15) is 0 Å². The van der Waals surface area contributed by atoms with E-state index < -0.39 is 0 Å². The Labute approximate surface area is 90.8 Å². The number of hydrogen-bond donors (Lipinski definition) is 1. The molecule has 0 radical (unpaired) electrons. The van der Waals surface area contributed by atoms with E-state index in [2.05, 4.69) is 9.88 Å². The third-order valence-electron chi connectivity index (χ3n) is 2.81. The Bertz CT molecular complexity index is 327. The first-order valence-electron chi connectivity index (χ1n) is 5.57. The van der Waals surface area contributed by atoms with Crippen LogP contribution in [0.4, 0.5) is 0 Å². The van der Waals surface area contributed by atoms with Gasteiger partial charge in [-0.25, -0.2) is 0 Å². The molecule has 1 fully saturated rings. The van der Waals surface area contributed by atoms with Crippen LogP contribution in [0.2, 0.25) is 0 Å². The van der Waals surface area contributed by atoms with Gasteiger partial charge in [0.05, 0.1) is 11.8 Å². The van der Waals surface area contributed by atoms with Crippen molar-refractivity contribution >= 4 is 0 Å². The van der Waals surface area contributed by atoms with Crippen LogP contribution in [-0.4, -0.2) is 34.2 Å².